The molecule has 1 fully saturated rings. The van der Waals surface area contributed by atoms with Crippen LogP contribution in [0.4, 0.5) is 5.69 Å². The van der Waals surface area contributed by atoms with Gasteiger partial charge < -0.3 is 9.32 Å². The van der Waals surface area contributed by atoms with Gasteiger partial charge in [0.1, 0.15) is 5.76 Å². The second kappa shape index (κ2) is 8.73. The van der Waals surface area contributed by atoms with E-state index in [1.165, 1.54) is 22.4 Å². The van der Waals surface area contributed by atoms with Gasteiger partial charge in [-0.25, -0.2) is 5.48 Å². The monoisotopic (exact) mass is 405 g/mol. The molecule has 6 heteroatoms. The number of nitrogens with zero attached hydrogens (tertiary/aromatic N) is 2. The zero-order valence-corrected chi connectivity index (χ0v) is 17.4. The molecule has 1 saturated heterocycles. The minimum absolute atomic E-state index is 0.0818. The van der Waals surface area contributed by atoms with Crippen molar-refractivity contribution in [3.8, 4) is 11.3 Å². The number of hydrogen-bond donors (Lipinski definition) is 2. The molecule has 3 aromatic rings. The lowest BCUT2D eigenvalue weighted by Gasteiger charge is -2.37. The second-order valence-electron chi connectivity index (χ2n) is 7.78. The highest BCUT2D eigenvalue weighted by Gasteiger charge is 2.19. The van der Waals surface area contributed by atoms with Crippen LogP contribution in [0, 0.1) is 13.8 Å². The van der Waals surface area contributed by atoms with Crippen LogP contribution in [0.2, 0.25) is 0 Å². The molecule has 0 bridgehead atoms. The first kappa shape index (κ1) is 20.2. The summed E-state index contributed by atoms with van der Waals surface area (Å²) < 4.78 is 5.50. The lowest BCUT2D eigenvalue weighted by atomic mass is 10.1. The van der Waals surface area contributed by atoms with E-state index in [-0.39, 0.29) is 5.76 Å². The van der Waals surface area contributed by atoms with Crippen molar-refractivity contribution in [1.29, 1.82) is 0 Å². The van der Waals surface area contributed by atoms with Gasteiger partial charge in [-0.2, -0.15) is 0 Å². The van der Waals surface area contributed by atoms with Crippen molar-refractivity contribution >= 4 is 11.6 Å². The Morgan fingerprint density at radius 2 is 1.73 bits per heavy atom. The first-order valence-corrected chi connectivity index (χ1v) is 10.2. The van der Waals surface area contributed by atoms with E-state index < -0.39 is 5.91 Å². The average molecular weight is 405 g/mol. The molecule has 1 amide bonds. The smallest absolute Gasteiger partial charge is 0.310 e. The third kappa shape index (κ3) is 4.25. The van der Waals surface area contributed by atoms with E-state index >= 15 is 0 Å². The van der Waals surface area contributed by atoms with Gasteiger partial charge in [-0.15, -0.1) is 0 Å². The number of anilines is 1. The molecule has 156 valence electrons. The maximum atomic E-state index is 11.4. The van der Waals surface area contributed by atoms with Crippen LogP contribution in [-0.4, -0.2) is 42.2 Å². The van der Waals surface area contributed by atoms with Crippen LogP contribution in [0.15, 0.2) is 59.0 Å². The number of piperazine rings is 1. The molecule has 2 aromatic carbocycles. The molecule has 1 aliphatic rings. The molecule has 0 spiro atoms. The van der Waals surface area contributed by atoms with Gasteiger partial charge in [0.15, 0.2) is 5.76 Å². The zero-order valence-electron chi connectivity index (χ0n) is 17.4. The Morgan fingerprint density at radius 3 is 2.43 bits per heavy atom. The number of hydroxylamine groups is 1. The van der Waals surface area contributed by atoms with Crippen LogP contribution in [-0.2, 0) is 6.54 Å². The van der Waals surface area contributed by atoms with Crippen LogP contribution in [0.3, 0.4) is 0 Å². The summed E-state index contributed by atoms with van der Waals surface area (Å²) in [5.41, 5.74) is 7.80. The normalized spacial score (nSPS) is 14.7. The molecule has 30 heavy (non-hydrogen) atoms. The Morgan fingerprint density at radius 1 is 1.00 bits per heavy atom. The molecule has 0 radical (unpaired) electrons. The van der Waals surface area contributed by atoms with Crippen molar-refractivity contribution in [2.75, 3.05) is 31.1 Å². The third-order valence-corrected chi connectivity index (χ3v) is 5.86. The zero-order chi connectivity index (χ0) is 21.1. The minimum atomic E-state index is -0.655. The first-order chi connectivity index (χ1) is 14.5. The summed E-state index contributed by atoms with van der Waals surface area (Å²) in [5.74, 6) is 0.0263. The second-order valence-corrected chi connectivity index (χ2v) is 7.78. The minimum Gasteiger partial charge on any atom is -0.451 e. The molecule has 2 N–H and O–H groups in total. The fraction of sp³-hybridized carbons (Fsp3) is 0.292. The molecule has 0 atom stereocenters. The number of nitrogens with one attached hydrogen (secondary N) is 1. The number of aryl methyl sites for hydroxylation is 1. The van der Waals surface area contributed by atoms with Crippen molar-refractivity contribution in [2.24, 2.45) is 0 Å². The van der Waals surface area contributed by atoms with E-state index in [2.05, 4.69) is 54.0 Å². The molecule has 0 saturated carbocycles. The van der Waals surface area contributed by atoms with Gasteiger partial charge in [-0.3, -0.25) is 14.9 Å². The molecule has 0 aliphatic carbocycles. The highest BCUT2D eigenvalue weighted by molar-refractivity contribution is 5.91. The highest BCUT2D eigenvalue weighted by Crippen LogP contribution is 2.25. The maximum absolute atomic E-state index is 11.4. The largest absolute Gasteiger partial charge is 0.451 e. The molecule has 6 nitrogen and oxygen atoms in total. The standard InChI is InChI=1S/C24H27N3O3/c1-17-4-3-5-21(18(17)2)27-14-12-26(13-15-27)16-19-6-8-20(9-7-19)22-10-11-23(30-22)24(28)25-29/h3-11,29H,12-16H2,1-2H3,(H,25,28). The van der Waals surface area contributed by atoms with Gasteiger partial charge in [0.05, 0.1) is 0 Å². The van der Waals surface area contributed by atoms with Gasteiger partial charge in [0.25, 0.3) is 0 Å². The molecular weight excluding hydrogens is 378 g/mol. The summed E-state index contributed by atoms with van der Waals surface area (Å²) >= 11 is 0. The van der Waals surface area contributed by atoms with Crippen molar-refractivity contribution < 1.29 is 14.4 Å². The number of furan rings is 1. The van der Waals surface area contributed by atoms with Crippen molar-refractivity contribution in [1.82, 2.24) is 10.4 Å². The van der Waals surface area contributed by atoms with Gasteiger partial charge in [-0.05, 0) is 48.7 Å². The fourth-order valence-electron chi connectivity index (χ4n) is 3.93. The lowest BCUT2D eigenvalue weighted by Crippen LogP contribution is -2.46. The molecule has 1 aliphatic heterocycles. The Kier molecular flexibility index (Phi) is 5.88. The third-order valence-electron chi connectivity index (χ3n) is 5.86. The first-order valence-electron chi connectivity index (χ1n) is 10.2. The van der Waals surface area contributed by atoms with E-state index in [1.807, 2.05) is 12.1 Å². The van der Waals surface area contributed by atoms with Gasteiger partial charge in [0.2, 0.25) is 0 Å². The maximum Gasteiger partial charge on any atom is 0.310 e. The fourth-order valence-corrected chi connectivity index (χ4v) is 3.93. The quantitative estimate of drug-likeness (QED) is 0.496. The van der Waals surface area contributed by atoms with Gasteiger partial charge in [0, 0.05) is 44.0 Å². The molecular formula is C24H27N3O3. The van der Waals surface area contributed by atoms with Crippen LogP contribution in [0.5, 0.6) is 0 Å². The number of carbonyl (C=O) groups excluding carboxylic acids is 1. The Bertz CT molecular complexity index is 1020. The van der Waals surface area contributed by atoms with Crippen molar-refractivity contribution in [3.05, 3.63) is 77.0 Å². The Labute approximate surface area is 176 Å². The lowest BCUT2D eigenvalue weighted by molar-refractivity contribution is 0.0677. The van der Waals surface area contributed by atoms with Crippen LogP contribution < -0.4 is 10.4 Å². The molecule has 2 heterocycles. The molecule has 4 rings (SSSR count). The van der Waals surface area contributed by atoms with Crippen molar-refractivity contribution in [2.45, 2.75) is 20.4 Å². The van der Waals surface area contributed by atoms with Crippen molar-refractivity contribution in [3.63, 3.8) is 0 Å². The summed E-state index contributed by atoms with van der Waals surface area (Å²) in [6.45, 7) is 9.42. The van der Waals surface area contributed by atoms with Gasteiger partial charge >= 0.3 is 5.91 Å². The van der Waals surface area contributed by atoms with E-state index in [4.69, 9.17) is 9.62 Å². The Hall–Kier alpha value is -3.09. The number of benzene rings is 2. The number of rotatable bonds is 5. The van der Waals surface area contributed by atoms with Gasteiger partial charge in [-0.1, -0.05) is 36.4 Å². The SMILES string of the molecule is Cc1cccc(N2CCN(Cc3ccc(-c4ccc(C(=O)NO)o4)cc3)CC2)c1C. The molecule has 0 unspecified atom stereocenters. The topological polar surface area (TPSA) is 69.0 Å². The highest BCUT2D eigenvalue weighted by atomic mass is 16.5. The summed E-state index contributed by atoms with van der Waals surface area (Å²) in [7, 11) is 0. The average Bonchev–Trinajstić information content (AvgIpc) is 3.27. The Balaban J connectivity index is 1.35. The van der Waals surface area contributed by atoms with Crippen LogP contribution in [0.1, 0.15) is 27.2 Å². The summed E-state index contributed by atoms with van der Waals surface area (Å²) in [5, 5.41) is 8.70. The van der Waals surface area contributed by atoms with Crippen LogP contribution >= 0.6 is 0 Å². The van der Waals surface area contributed by atoms with Crippen LogP contribution in [0.25, 0.3) is 11.3 Å². The van der Waals surface area contributed by atoms with E-state index in [0.29, 0.717) is 5.76 Å². The predicted octanol–water partition coefficient (Wildman–Crippen LogP) is 4.00. The molecule has 1 aromatic heterocycles. The van der Waals surface area contributed by atoms with E-state index in [1.54, 1.807) is 17.6 Å². The summed E-state index contributed by atoms with van der Waals surface area (Å²) in [4.78, 5) is 16.4. The van der Waals surface area contributed by atoms with E-state index in [0.717, 1.165) is 38.3 Å². The number of carbonyl (C=O) groups is 1. The summed E-state index contributed by atoms with van der Waals surface area (Å²) in [6, 6.07) is 18.0. The predicted molar refractivity (Wildman–Crippen MR) is 117 cm³/mol. The number of hydrogen-bond acceptors (Lipinski definition) is 5. The van der Waals surface area contributed by atoms with E-state index in [9.17, 15) is 4.79 Å². The number of amides is 1. The summed E-state index contributed by atoms with van der Waals surface area (Å²) in [6.07, 6.45) is 0.